The number of hydrogen-bond donors (Lipinski definition) is 2. The molecule has 1 aliphatic heterocycles. The molecule has 1 aliphatic rings. The number of likely N-dealkylation sites (tertiary alicyclic amines) is 1. The van der Waals surface area contributed by atoms with Gasteiger partial charge in [0, 0.05) is 19.6 Å². The van der Waals surface area contributed by atoms with Gasteiger partial charge in [-0.25, -0.2) is 0 Å². The highest BCUT2D eigenvalue weighted by Gasteiger charge is 2.31. The third-order valence-corrected chi connectivity index (χ3v) is 8.35. The zero-order valence-electron chi connectivity index (χ0n) is 20.0. The van der Waals surface area contributed by atoms with Crippen LogP contribution in [0.3, 0.4) is 0 Å². The first-order valence-corrected chi connectivity index (χ1v) is 14.6. The zero-order valence-corrected chi connectivity index (χ0v) is 22.4. The summed E-state index contributed by atoms with van der Waals surface area (Å²) in [5.74, 6) is 0.801. The average molecular weight is 556 g/mol. The fourth-order valence-corrected chi connectivity index (χ4v) is 5.83. The van der Waals surface area contributed by atoms with Crippen molar-refractivity contribution < 1.29 is 22.5 Å². The van der Waals surface area contributed by atoms with E-state index in [1.165, 1.54) is 36.1 Å². The minimum atomic E-state index is -4.15. The predicted octanol–water partition coefficient (Wildman–Crippen LogP) is 4.67. The van der Waals surface area contributed by atoms with Gasteiger partial charge in [-0.2, -0.15) is 25.0 Å². The van der Waals surface area contributed by atoms with Crippen molar-refractivity contribution in [2.24, 2.45) is 0 Å². The van der Waals surface area contributed by atoms with Crippen LogP contribution in [0.15, 0.2) is 69.6 Å². The van der Waals surface area contributed by atoms with Gasteiger partial charge in [0.05, 0.1) is 18.0 Å². The zero-order chi connectivity index (χ0) is 26.4. The van der Waals surface area contributed by atoms with E-state index in [1.54, 1.807) is 29.5 Å². The molecule has 1 saturated heterocycles. The van der Waals surface area contributed by atoms with Crippen molar-refractivity contribution in [3.63, 3.8) is 0 Å². The Morgan fingerprint density at radius 3 is 2.62 bits per heavy atom. The van der Waals surface area contributed by atoms with E-state index in [-0.39, 0.29) is 16.8 Å². The lowest BCUT2D eigenvalue weighted by molar-refractivity contribution is -0.129. The third kappa shape index (κ3) is 6.94. The molecule has 0 unspecified atom stereocenters. The highest BCUT2D eigenvalue weighted by atomic mass is 32.2. The number of fused-ring (bicyclic) bond motifs is 1. The second kappa shape index (κ2) is 11.9. The lowest BCUT2D eigenvalue weighted by Gasteiger charge is -2.16. The van der Waals surface area contributed by atoms with E-state index in [1.807, 2.05) is 27.8 Å². The molecule has 37 heavy (non-hydrogen) atoms. The van der Waals surface area contributed by atoms with Crippen LogP contribution in [0, 0.1) is 11.3 Å². The smallest absolute Gasteiger partial charge is 0.294 e. The maximum Gasteiger partial charge on any atom is 0.294 e. The predicted molar refractivity (Wildman–Crippen MR) is 144 cm³/mol. The monoisotopic (exact) mass is 555 g/mol. The van der Waals surface area contributed by atoms with Gasteiger partial charge in [0.25, 0.3) is 10.1 Å². The van der Waals surface area contributed by atoms with Crippen LogP contribution in [-0.2, 0) is 28.0 Å². The van der Waals surface area contributed by atoms with Gasteiger partial charge in [-0.1, -0.05) is 12.1 Å². The lowest BCUT2D eigenvalue weighted by Crippen LogP contribution is -2.37. The molecular weight excluding hydrogens is 531 g/mol. The van der Waals surface area contributed by atoms with Crippen molar-refractivity contribution in [3.8, 4) is 11.8 Å². The van der Waals surface area contributed by atoms with E-state index < -0.39 is 10.1 Å². The molecule has 0 bridgehead atoms. The summed E-state index contributed by atoms with van der Waals surface area (Å²) >= 11 is 3.10. The van der Waals surface area contributed by atoms with Gasteiger partial charge in [-0.05, 0) is 80.9 Å². The maximum atomic E-state index is 12.4. The number of rotatable bonds is 7. The van der Waals surface area contributed by atoms with Crippen LogP contribution in [0.4, 0.5) is 0 Å². The summed E-state index contributed by atoms with van der Waals surface area (Å²) in [6.45, 7) is 2.12. The van der Waals surface area contributed by atoms with E-state index in [0.717, 1.165) is 30.5 Å². The van der Waals surface area contributed by atoms with Gasteiger partial charge in [0.2, 0.25) is 5.91 Å². The molecule has 8 nitrogen and oxygen atoms in total. The van der Waals surface area contributed by atoms with Crippen molar-refractivity contribution in [1.29, 1.82) is 5.26 Å². The lowest BCUT2D eigenvalue weighted by atomic mass is 10.1. The summed E-state index contributed by atoms with van der Waals surface area (Å²) in [4.78, 5) is 14.8. The molecule has 2 N–H and O–H groups in total. The number of methoxy groups -OCH3 is 1. The van der Waals surface area contributed by atoms with Gasteiger partial charge in [-0.15, -0.1) is 11.3 Å². The molecule has 5 rings (SSSR count). The molecule has 0 aliphatic carbocycles. The number of nitrogens with one attached hydrogen (secondary N) is 1. The number of thiophene rings is 2. The second-order valence-corrected chi connectivity index (χ2v) is 11.5. The Morgan fingerprint density at radius 2 is 1.95 bits per heavy atom. The van der Waals surface area contributed by atoms with Crippen molar-refractivity contribution in [2.75, 3.05) is 13.7 Å². The Kier molecular flexibility index (Phi) is 8.58. The van der Waals surface area contributed by atoms with Crippen molar-refractivity contribution in [2.45, 2.75) is 30.4 Å². The molecule has 192 valence electrons. The highest BCUT2D eigenvalue weighted by Crippen LogP contribution is 2.23. The van der Waals surface area contributed by atoms with Crippen LogP contribution >= 0.6 is 22.7 Å². The van der Waals surface area contributed by atoms with E-state index in [4.69, 9.17) is 14.6 Å². The van der Waals surface area contributed by atoms with Gasteiger partial charge < -0.3 is 15.0 Å². The summed E-state index contributed by atoms with van der Waals surface area (Å²) in [6, 6.07) is 15.7. The van der Waals surface area contributed by atoms with Gasteiger partial charge in [0.1, 0.15) is 16.7 Å². The second-order valence-electron chi connectivity index (χ2n) is 8.39. The number of hydrogen-bond acceptors (Lipinski definition) is 8. The van der Waals surface area contributed by atoms with Crippen LogP contribution in [0.1, 0.15) is 22.4 Å². The number of carbonyl (C=O) groups is 1. The molecule has 3 heterocycles. The molecule has 0 spiro atoms. The Bertz CT molecular complexity index is 1520. The Hall–Kier alpha value is -3.27. The summed E-state index contributed by atoms with van der Waals surface area (Å²) < 4.78 is 35.9. The van der Waals surface area contributed by atoms with Crippen LogP contribution in [-0.4, -0.2) is 43.5 Å². The first-order valence-electron chi connectivity index (χ1n) is 11.3. The summed E-state index contributed by atoms with van der Waals surface area (Å²) in [5, 5.41) is 19.9. The number of ether oxygens (including phenoxy) is 1. The largest absolute Gasteiger partial charge is 0.497 e. The third-order valence-electron chi connectivity index (χ3n) is 5.88. The minimum Gasteiger partial charge on any atom is -0.497 e. The van der Waals surface area contributed by atoms with Crippen molar-refractivity contribution in [3.05, 3.63) is 80.7 Å². The molecule has 0 radical (unpaired) electrons. The topological polar surface area (TPSA) is 120 Å². The van der Waals surface area contributed by atoms with Gasteiger partial charge in [0.15, 0.2) is 0 Å². The molecule has 2 aromatic carbocycles. The van der Waals surface area contributed by atoms with E-state index in [2.05, 4.69) is 22.8 Å². The van der Waals surface area contributed by atoms with Crippen LogP contribution < -0.4 is 10.1 Å². The maximum absolute atomic E-state index is 12.4. The van der Waals surface area contributed by atoms with Gasteiger partial charge in [-0.3, -0.25) is 9.35 Å². The molecule has 0 saturated carbocycles. The van der Waals surface area contributed by atoms with Crippen LogP contribution in [0.25, 0.3) is 10.8 Å². The highest BCUT2D eigenvalue weighted by molar-refractivity contribution is 7.85. The Balaban J connectivity index is 0.000000180. The standard InChI is InChI=1S/C15H15N3OS2.C11H10O4S/c16-6-13-5-12(10-21-13)8-18-3-1-14(15(18)19)17-7-11-2-4-20-9-11;1-15-10-4-2-8-3-5-11(16(12,13)14)7-9(8)6-10/h2,4-5,9-10,14,17H,1,3,7-8H2;2-7H,1H3,(H,12,13,14)/t14-;/m0./s1. The molecular formula is C26H25N3O5S3. The number of carbonyl (C=O) groups excluding carboxylic acids is 1. The molecule has 4 aromatic rings. The van der Waals surface area contributed by atoms with E-state index in [0.29, 0.717) is 22.6 Å². The SMILES string of the molecule is COc1ccc2ccc(S(=O)(=O)O)cc2c1.N#Cc1cc(CN2CC[C@H](NCc3ccsc3)C2=O)cs1. The van der Waals surface area contributed by atoms with E-state index in [9.17, 15) is 13.2 Å². The summed E-state index contributed by atoms with van der Waals surface area (Å²) in [7, 11) is -2.62. The van der Waals surface area contributed by atoms with Crippen molar-refractivity contribution in [1.82, 2.24) is 10.2 Å². The molecule has 1 amide bonds. The quantitative estimate of drug-likeness (QED) is 0.318. The number of amides is 1. The molecule has 11 heteroatoms. The van der Waals surface area contributed by atoms with Crippen LogP contribution in [0.2, 0.25) is 0 Å². The minimum absolute atomic E-state index is 0.0843. The number of benzene rings is 2. The van der Waals surface area contributed by atoms with Crippen LogP contribution in [0.5, 0.6) is 5.75 Å². The normalized spacial score (nSPS) is 15.3. The summed E-state index contributed by atoms with van der Waals surface area (Å²) in [5.41, 5.74) is 2.27. The molecule has 1 fully saturated rings. The first kappa shape index (κ1) is 26.8. The van der Waals surface area contributed by atoms with Gasteiger partial charge >= 0.3 is 0 Å². The first-order chi connectivity index (χ1) is 17.8. The number of nitriles is 1. The fourth-order valence-electron chi connectivity index (χ4n) is 3.95. The molecule has 1 atom stereocenters. The Labute approximate surface area is 223 Å². The van der Waals surface area contributed by atoms with E-state index >= 15 is 0 Å². The summed E-state index contributed by atoms with van der Waals surface area (Å²) in [6.07, 6.45) is 0.845. The molecule has 2 aromatic heterocycles. The fraction of sp³-hybridized carbons (Fsp3) is 0.231. The van der Waals surface area contributed by atoms with Crippen molar-refractivity contribution >= 4 is 49.5 Å². The Morgan fingerprint density at radius 1 is 1.14 bits per heavy atom. The number of nitrogens with zero attached hydrogens (tertiary/aromatic N) is 2. The average Bonchev–Trinajstić information content (AvgIpc) is 3.65.